The van der Waals surface area contributed by atoms with Crippen molar-refractivity contribution >= 4 is 22.3 Å². The SMILES string of the molecule is CC(=O)OCc1c(C)cc(C)c(CNCc2cn3nc(C)sc3n2)c1C. The molecule has 26 heavy (non-hydrogen) atoms. The summed E-state index contributed by atoms with van der Waals surface area (Å²) in [6.07, 6.45) is 1.97. The Morgan fingerprint density at radius 3 is 2.62 bits per heavy atom. The fourth-order valence-electron chi connectivity index (χ4n) is 3.19. The van der Waals surface area contributed by atoms with E-state index in [1.165, 1.54) is 23.6 Å². The minimum absolute atomic E-state index is 0.257. The van der Waals surface area contributed by atoms with Crippen molar-refractivity contribution in [1.29, 1.82) is 0 Å². The number of esters is 1. The van der Waals surface area contributed by atoms with Crippen molar-refractivity contribution in [1.82, 2.24) is 19.9 Å². The topological polar surface area (TPSA) is 68.5 Å². The molecule has 0 unspecified atom stereocenters. The summed E-state index contributed by atoms with van der Waals surface area (Å²) in [6, 6.07) is 2.15. The summed E-state index contributed by atoms with van der Waals surface area (Å²) in [6.45, 7) is 11.4. The van der Waals surface area contributed by atoms with Gasteiger partial charge < -0.3 is 10.1 Å². The Morgan fingerprint density at radius 1 is 1.19 bits per heavy atom. The van der Waals surface area contributed by atoms with Crippen LogP contribution in [0.1, 0.15) is 45.4 Å². The van der Waals surface area contributed by atoms with Gasteiger partial charge in [-0.15, -0.1) is 0 Å². The van der Waals surface area contributed by atoms with Crippen LogP contribution in [-0.4, -0.2) is 20.6 Å². The Labute approximate surface area is 157 Å². The van der Waals surface area contributed by atoms with Gasteiger partial charge in [-0.05, 0) is 55.5 Å². The Balaban J connectivity index is 1.70. The summed E-state index contributed by atoms with van der Waals surface area (Å²) in [5, 5.41) is 8.87. The van der Waals surface area contributed by atoms with Gasteiger partial charge in [-0.25, -0.2) is 9.50 Å². The van der Waals surface area contributed by atoms with Crippen LogP contribution in [0.3, 0.4) is 0 Å². The molecule has 138 valence electrons. The van der Waals surface area contributed by atoms with Crippen LogP contribution in [0.4, 0.5) is 0 Å². The third kappa shape index (κ3) is 3.94. The first-order valence-corrected chi connectivity index (χ1v) is 9.41. The predicted octanol–water partition coefficient (Wildman–Crippen LogP) is 3.38. The molecule has 3 aromatic rings. The Kier molecular flexibility index (Phi) is 5.38. The molecule has 1 N–H and O–H groups in total. The molecular weight excluding hydrogens is 348 g/mol. The number of nitrogens with one attached hydrogen (secondary N) is 1. The van der Waals surface area contributed by atoms with Crippen molar-refractivity contribution in [2.75, 3.05) is 0 Å². The van der Waals surface area contributed by atoms with Crippen LogP contribution in [0.5, 0.6) is 0 Å². The molecule has 0 saturated carbocycles. The second kappa shape index (κ2) is 7.55. The maximum atomic E-state index is 11.1. The maximum absolute atomic E-state index is 11.1. The number of carbonyl (C=O) groups is 1. The van der Waals surface area contributed by atoms with Crippen molar-refractivity contribution < 1.29 is 9.53 Å². The van der Waals surface area contributed by atoms with E-state index in [1.807, 2.05) is 17.6 Å². The van der Waals surface area contributed by atoms with Gasteiger partial charge in [0.25, 0.3) is 0 Å². The molecule has 0 aliphatic carbocycles. The van der Waals surface area contributed by atoms with Crippen LogP contribution in [0.15, 0.2) is 12.3 Å². The third-order valence-electron chi connectivity index (χ3n) is 4.51. The van der Waals surface area contributed by atoms with Gasteiger partial charge in [-0.2, -0.15) is 5.10 Å². The number of hydrogen-bond acceptors (Lipinski definition) is 6. The summed E-state index contributed by atoms with van der Waals surface area (Å²) in [4.78, 5) is 16.7. The van der Waals surface area contributed by atoms with E-state index in [0.717, 1.165) is 33.3 Å². The van der Waals surface area contributed by atoms with E-state index >= 15 is 0 Å². The second-order valence-electron chi connectivity index (χ2n) is 6.56. The quantitative estimate of drug-likeness (QED) is 0.672. The Hall–Kier alpha value is -2.25. The average Bonchev–Trinajstić information content (AvgIpc) is 3.06. The molecule has 0 bridgehead atoms. The van der Waals surface area contributed by atoms with Crippen LogP contribution in [0.2, 0.25) is 0 Å². The first kappa shape index (κ1) is 18.5. The average molecular weight is 372 g/mol. The van der Waals surface area contributed by atoms with Crippen molar-refractivity contribution in [2.45, 2.75) is 54.3 Å². The molecule has 0 spiro atoms. The lowest BCUT2D eigenvalue weighted by Crippen LogP contribution is -2.16. The van der Waals surface area contributed by atoms with Gasteiger partial charge in [0.1, 0.15) is 11.6 Å². The van der Waals surface area contributed by atoms with E-state index in [0.29, 0.717) is 13.2 Å². The summed E-state index contributed by atoms with van der Waals surface area (Å²) in [5.74, 6) is -0.257. The minimum atomic E-state index is -0.257. The molecule has 1 aromatic carbocycles. The number of hydrogen-bond donors (Lipinski definition) is 1. The molecule has 0 radical (unpaired) electrons. The van der Waals surface area contributed by atoms with E-state index in [2.05, 4.69) is 42.2 Å². The van der Waals surface area contributed by atoms with Gasteiger partial charge in [-0.3, -0.25) is 4.79 Å². The van der Waals surface area contributed by atoms with Crippen molar-refractivity contribution in [3.63, 3.8) is 0 Å². The molecule has 2 heterocycles. The number of imidazole rings is 1. The lowest BCUT2D eigenvalue weighted by Gasteiger charge is -2.17. The fourth-order valence-corrected chi connectivity index (χ4v) is 3.93. The second-order valence-corrected chi connectivity index (χ2v) is 7.72. The number of aryl methyl sites for hydroxylation is 3. The number of ether oxygens (including phenoxy) is 1. The van der Waals surface area contributed by atoms with Crippen LogP contribution >= 0.6 is 11.3 Å². The largest absolute Gasteiger partial charge is 0.461 e. The lowest BCUT2D eigenvalue weighted by molar-refractivity contribution is -0.142. The summed E-state index contributed by atoms with van der Waals surface area (Å²) in [5.41, 5.74) is 6.88. The summed E-state index contributed by atoms with van der Waals surface area (Å²) < 4.78 is 7.04. The number of aromatic nitrogens is 3. The zero-order valence-electron chi connectivity index (χ0n) is 15.8. The van der Waals surface area contributed by atoms with Crippen molar-refractivity contribution in [2.24, 2.45) is 0 Å². The number of nitrogens with zero attached hydrogens (tertiary/aromatic N) is 3. The fraction of sp³-hybridized carbons (Fsp3) is 0.421. The van der Waals surface area contributed by atoms with Crippen molar-refractivity contribution in [3.05, 3.63) is 50.8 Å². The normalized spacial score (nSPS) is 11.3. The highest BCUT2D eigenvalue weighted by atomic mass is 32.1. The number of carbonyl (C=O) groups excluding carboxylic acids is 1. The molecule has 0 amide bonds. The Morgan fingerprint density at radius 2 is 1.92 bits per heavy atom. The molecule has 0 fully saturated rings. The predicted molar refractivity (Wildman–Crippen MR) is 102 cm³/mol. The zero-order valence-corrected chi connectivity index (χ0v) is 16.7. The molecule has 0 aliphatic rings. The van der Waals surface area contributed by atoms with Gasteiger partial charge in [0.15, 0.2) is 0 Å². The molecule has 6 nitrogen and oxygen atoms in total. The van der Waals surface area contributed by atoms with Crippen LogP contribution in [-0.2, 0) is 29.2 Å². The minimum Gasteiger partial charge on any atom is -0.461 e. The van der Waals surface area contributed by atoms with Crippen LogP contribution in [0, 0.1) is 27.7 Å². The first-order valence-electron chi connectivity index (χ1n) is 8.59. The first-order chi connectivity index (χ1) is 12.3. The van der Waals surface area contributed by atoms with Gasteiger partial charge in [-0.1, -0.05) is 17.4 Å². The Bertz CT molecular complexity index is 927. The smallest absolute Gasteiger partial charge is 0.302 e. The van der Waals surface area contributed by atoms with Gasteiger partial charge in [0, 0.05) is 20.0 Å². The highest BCUT2D eigenvalue weighted by Crippen LogP contribution is 2.23. The van der Waals surface area contributed by atoms with E-state index < -0.39 is 0 Å². The maximum Gasteiger partial charge on any atom is 0.302 e. The lowest BCUT2D eigenvalue weighted by atomic mass is 9.93. The van der Waals surface area contributed by atoms with Gasteiger partial charge in [0.05, 0.1) is 11.9 Å². The zero-order chi connectivity index (χ0) is 18.8. The number of benzene rings is 1. The molecule has 0 aliphatic heterocycles. The monoisotopic (exact) mass is 372 g/mol. The third-order valence-corrected chi connectivity index (χ3v) is 5.35. The van der Waals surface area contributed by atoms with Gasteiger partial charge >= 0.3 is 5.97 Å². The molecule has 2 aromatic heterocycles. The van der Waals surface area contributed by atoms with Crippen LogP contribution in [0.25, 0.3) is 4.96 Å². The van der Waals surface area contributed by atoms with E-state index in [1.54, 1.807) is 11.3 Å². The summed E-state index contributed by atoms with van der Waals surface area (Å²) >= 11 is 1.59. The van der Waals surface area contributed by atoms with Crippen molar-refractivity contribution in [3.8, 4) is 0 Å². The standard InChI is InChI=1S/C19H24N4O2S/c1-11-6-12(2)18(10-25-15(5)24)13(3)17(11)8-20-7-16-9-23-19(21-16)26-14(4)22-23/h6,9,20H,7-8,10H2,1-5H3. The van der Waals surface area contributed by atoms with Gasteiger partial charge in [0.2, 0.25) is 4.96 Å². The molecule has 3 rings (SSSR count). The summed E-state index contributed by atoms with van der Waals surface area (Å²) in [7, 11) is 0. The molecule has 0 atom stereocenters. The molecular formula is C19H24N4O2S. The number of rotatable bonds is 6. The van der Waals surface area contributed by atoms with E-state index in [9.17, 15) is 4.79 Å². The molecule has 0 saturated heterocycles. The molecule has 7 heteroatoms. The van der Waals surface area contributed by atoms with Crippen LogP contribution < -0.4 is 5.32 Å². The highest BCUT2D eigenvalue weighted by molar-refractivity contribution is 7.16. The van der Waals surface area contributed by atoms with E-state index in [4.69, 9.17) is 4.74 Å². The van der Waals surface area contributed by atoms with E-state index in [-0.39, 0.29) is 5.97 Å². The highest BCUT2D eigenvalue weighted by Gasteiger charge is 2.12. The number of fused-ring (bicyclic) bond motifs is 1.